The van der Waals surface area contributed by atoms with Crippen LogP contribution in [-0.2, 0) is 0 Å². The molecule has 3 heterocycles. The van der Waals surface area contributed by atoms with E-state index in [0.717, 1.165) is 25.5 Å². The highest BCUT2D eigenvalue weighted by molar-refractivity contribution is 5.98. The number of amides is 2. The van der Waals surface area contributed by atoms with Crippen LogP contribution in [0.3, 0.4) is 0 Å². The summed E-state index contributed by atoms with van der Waals surface area (Å²) in [6, 6.07) is 9.05. The van der Waals surface area contributed by atoms with Crippen LogP contribution in [-0.4, -0.2) is 84.9 Å². The standard InChI is InChI=1S/C20H26N6O2/c1-24(2)10-9-23-19(27)17-15-16(6-8-21-17)20(28)26-13-11-25(12-14-26)18-5-3-4-7-22-18/h3-8,15H,9-14H2,1-2H3,(H,23,27). The van der Waals surface area contributed by atoms with E-state index < -0.39 is 0 Å². The summed E-state index contributed by atoms with van der Waals surface area (Å²) in [4.78, 5) is 39.5. The molecule has 1 saturated heterocycles. The van der Waals surface area contributed by atoms with Crippen LogP contribution in [0.5, 0.6) is 0 Å². The predicted octanol–water partition coefficient (Wildman–Crippen LogP) is 0.730. The van der Waals surface area contributed by atoms with Crippen molar-refractivity contribution in [1.29, 1.82) is 0 Å². The van der Waals surface area contributed by atoms with Crippen molar-refractivity contribution in [3.63, 3.8) is 0 Å². The van der Waals surface area contributed by atoms with Gasteiger partial charge in [0, 0.05) is 57.2 Å². The molecule has 3 rings (SSSR count). The summed E-state index contributed by atoms with van der Waals surface area (Å²) >= 11 is 0. The van der Waals surface area contributed by atoms with Gasteiger partial charge in [0.15, 0.2) is 0 Å². The average molecular weight is 382 g/mol. The predicted molar refractivity (Wildman–Crippen MR) is 107 cm³/mol. The quantitative estimate of drug-likeness (QED) is 0.793. The van der Waals surface area contributed by atoms with Gasteiger partial charge in [-0.1, -0.05) is 6.07 Å². The summed E-state index contributed by atoms with van der Waals surface area (Å²) < 4.78 is 0. The molecule has 0 atom stereocenters. The molecule has 1 fully saturated rings. The van der Waals surface area contributed by atoms with Crippen molar-refractivity contribution in [1.82, 2.24) is 25.1 Å². The molecule has 1 aliphatic heterocycles. The van der Waals surface area contributed by atoms with Crippen molar-refractivity contribution in [3.05, 3.63) is 54.0 Å². The molecule has 8 heteroatoms. The Kier molecular flexibility index (Phi) is 6.54. The van der Waals surface area contributed by atoms with E-state index in [9.17, 15) is 9.59 Å². The molecule has 0 spiro atoms. The van der Waals surface area contributed by atoms with Crippen molar-refractivity contribution in [2.24, 2.45) is 0 Å². The molecule has 0 saturated carbocycles. The summed E-state index contributed by atoms with van der Waals surface area (Å²) in [6.45, 7) is 3.95. The minimum atomic E-state index is -0.267. The summed E-state index contributed by atoms with van der Waals surface area (Å²) in [5.41, 5.74) is 0.746. The van der Waals surface area contributed by atoms with Crippen LogP contribution in [0, 0.1) is 0 Å². The molecule has 28 heavy (non-hydrogen) atoms. The van der Waals surface area contributed by atoms with E-state index in [1.165, 1.54) is 6.20 Å². The zero-order chi connectivity index (χ0) is 19.9. The zero-order valence-corrected chi connectivity index (χ0v) is 16.3. The third-order valence-corrected chi connectivity index (χ3v) is 4.62. The lowest BCUT2D eigenvalue weighted by Crippen LogP contribution is -2.49. The number of pyridine rings is 2. The topological polar surface area (TPSA) is 81.7 Å². The molecule has 2 amide bonds. The van der Waals surface area contributed by atoms with E-state index in [-0.39, 0.29) is 17.5 Å². The number of rotatable bonds is 6. The maximum Gasteiger partial charge on any atom is 0.269 e. The second-order valence-electron chi connectivity index (χ2n) is 6.96. The molecular formula is C20H26N6O2. The smallest absolute Gasteiger partial charge is 0.269 e. The lowest BCUT2D eigenvalue weighted by atomic mass is 10.1. The van der Waals surface area contributed by atoms with Crippen LogP contribution in [0.25, 0.3) is 0 Å². The second kappa shape index (κ2) is 9.27. The number of likely N-dealkylation sites (N-methyl/N-ethyl adjacent to an activating group) is 1. The highest BCUT2D eigenvalue weighted by Gasteiger charge is 2.23. The molecule has 0 bridgehead atoms. The van der Waals surface area contributed by atoms with Gasteiger partial charge in [-0.3, -0.25) is 14.6 Å². The van der Waals surface area contributed by atoms with E-state index in [0.29, 0.717) is 25.2 Å². The van der Waals surface area contributed by atoms with Crippen molar-refractivity contribution < 1.29 is 9.59 Å². The van der Waals surface area contributed by atoms with Gasteiger partial charge in [-0.25, -0.2) is 4.98 Å². The fourth-order valence-electron chi connectivity index (χ4n) is 3.03. The van der Waals surface area contributed by atoms with Gasteiger partial charge in [-0.05, 0) is 38.4 Å². The summed E-state index contributed by atoms with van der Waals surface area (Å²) in [5, 5.41) is 2.82. The molecule has 0 aliphatic carbocycles. The fraction of sp³-hybridized carbons (Fsp3) is 0.400. The lowest BCUT2D eigenvalue weighted by Gasteiger charge is -2.35. The molecule has 1 N–H and O–H groups in total. The molecular weight excluding hydrogens is 356 g/mol. The fourth-order valence-corrected chi connectivity index (χ4v) is 3.03. The van der Waals surface area contributed by atoms with Gasteiger partial charge in [0.05, 0.1) is 0 Å². The number of hydrogen-bond acceptors (Lipinski definition) is 6. The first kappa shape index (κ1) is 19.8. The van der Waals surface area contributed by atoms with Gasteiger partial charge in [-0.15, -0.1) is 0 Å². The number of piperazine rings is 1. The van der Waals surface area contributed by atoms with Gasteiger partial charge in [0.2, 0.25) is 0 Å². The molecule has 2 aromatic rings. The maximum atomic E-state index is 12.8. The van der Waals surface area contributed by atoms with Crippen molar-refractivity contribution in [2.45, 2.75) is 0 Å². The SMILES string of the molecule is CN(C)CCNC(=O)c1cc(C(=O)N2CCN(c3ccccn3)CC2)ccn1. The van der Waals surface area contributed by atoms with E-state index in [2.05, 4.69) is 20.2 Å². The highest BCUT2D eigenvalue weighted by atomic mass is 16.2. The number of carbonyl (C=O) groups excluding carboxylic acids is 2. The molecule has 148 valence electrons. The summed E-state index contributed by atoms with van der Waals surface area (Å²) in [6.07, 6.45) is 3.28. The number of nitrogens with zero attached hydrogens (tertiary/aromatic N) is 5. The minimum absolute atomic E-state index is 0.0783. The van der Waals surface area contributed by atoms with Gasteiger partial charge in [-0.2, -0.15) is 0 Å². The van der Waals surface area contributed by atoms with Crippen LogP contribution in [0.1, 0.15) is 20.8 Å². The molecule has 2 aromatic heterocycles. The Labute approximate surface area is 165 Å². The first-order chi connectivity index (χ1) is 13.5. The van der Waals surface area contributed by atoms with Gasteiger partial charge < -0.3 is 20.0 Å². The van der Waals surface area contributed by atoms with Gasteiger partial charge in [0.25, 0.3) is 11.8 Å². The maximum absolute atomic E-state index is 12.8. The first-order valence-corrected chi connectivity index (χ1v) is 9.39. The Balaban J connectivity index is 1.58. The number of aromatic nitrogens is 2. The van der Waals surface area contributed by atoms with E-state index in [1.807, 2.05) is 42.1 Å². The van der Waals surface area contributed by atoms with E-state index in [4.69, 9.17) is 0 Å². The van der Waals surface area contributed by atoms with E-state index >= 15 is 0 Å². The van der Waals surface area contributed by atoms with Crippen molar-refractivity contribution in [3.8, 4) is 0 Å². The Morgan fingerprint density at radius 2 is 1.86 bits per heavy atom. The van der Waals surface area contributed by atoms with E-state index in [1.54, 1.807) is 18.3 Å². The van der Waals surface area contributed by atoms with Crippen molar-refractivity contribution in [2.75, 3.05) is 58.3 Å². The van der Waals surface area contributed by atoms with Crippen LogP contribution in [0.4, 0.5) is 5.82 Å². The number of carbonyl (C=O) groups is 2. The summed E-state index contributed by atoms with van der Waals surface area (Å²) in [5.74, 6) is 0.581. The molecule has 0 aromatic carbocycles. The largest absolute Gasteiger partial charge is 0.353 e. The number of nitrogens with one attached hydrogen (secondary N) is 1. The summed E-state index contributed by atoms with van der Waals surface area (Å²) in [7, 11) is 3.88. The zero-order valence-electron chi connectivity index (χ0n) is 16.3. The molecule has 8 nitrogen and oxygen atoms in total. The van der Waals surface area contributed by atoms with Crippen LogP contribution in [0.15, 0.2) is 42.7 Å². The van der Waals surface area contributed by atoms with Crippen molar-refractivity contribution >= 4 is 17.6 Å². The normalized spacial score (nSPS) is 14.2. The van der Waals surface area contributed by atoms with Gasteiger partial charge in [0.1, 0.15) is 11.5 Å². The monoisotopic (exact) mass is 382 g/mol. The molecule has 1 aliphatic rings. The molecule has 0 unspecified atom stereocenters. The average Bonchev–Trinajstić information content (AvgIpc) is 2.74. The number of hydrogen-bond donors (Lipinski definition) is 1. The second-order valence-corrected chi connectivity index (χ2v) is 6.96. The first-order valence-electron chi connectivity index (χ1n) is 9.39. The van der Waals surface area contributed by atoms with Crippen LogP contribution in [0.2, 0.25) is 0 Å². The highest BCUT2D eigenvalue weighted by Crippen LogP contribution is 2.14. The Bertz CT molecular complexity index is 803. The Morgan fingerprint density at radius 3 is 2.54 bits per heavy atom. The third kappa shape index (κ3) is 5.04. The Hall–Kier alpha value is -3.00. The Morgan fingerprint density at radius 1 is 1.07 bits per heavy atom. The lowest BCUT2D eigenvalue weighted by molar-refractivity contribution is 0.0746. The third-order valence-electron chi connectivity index (χ3n) is 4.62. The van der Waals surface area contributed by atoms with Crippen LogP contribution >= 0.6 is 0 Å². The number of anilines is 1. The minimum Gasteiger partial charge on any atom is -0.353 e. The van der Waals surface area contributed by atoms with Crippen LogP contribution < -0.4 is 10.2 Å². The molecule has 0 radical (unpaired) electrons. The van der Waals surface area contributed by atoms with Gasteiger partial charge >= 0.3 is 0 Å².